The van der Waals surface area contributed by atoms with Crippen molar-refractivity contribution in [1.29, 1.82) is 0 Å². The fraction of sp³-hybridized carbons (Fsp3) is 0.500. The van der Waals surface area contributed by atoms with E-state index in [9.17, 15) is 0 Å². The van der Waals surface area contributed by atoms with Crippen LogP contribution in [0.5, 0.6) is 5.75 Å². The molecule has 6 heteroatoms. The summed E-state index contributed by atoms with van der Waals surface area (Å²) in [7, 11) is 1.69. The number of hydrogen-bond donors (Lipinski definition) is 0. The summed E-state index contributed by atoms with van der Waals surface area (Å²) in [6, 6.07) is 8.06. The van der Waals surface area contributed by atoms with E-state index in [1.54, 1.807) is 18.4 Å². The van der Waals surface area contributed by atoms with Gasteiger partial charge in [0.15, 0.2) is 5.82 Å². The number of aromatic nitrogens is 4. The standard InChI is InChI=1S/C22H24N4OS/c1-27-18-5-2-14(3-6-18)4-7-19-25-26-20(23-24-21(26)28-19)22-11-15-8-16(12-22)10-17(9-15)13-22/h2-7,15-17H,8-13H2,1H3. The fourth-order valence-corrected chi connectivity index (χ4v) is 7.04. The second-order valence-corrected chi connectivity index (χ2v) is 9.95. The van der Waals surface area contributed by atoms with Crippen LogP contribution in [0.4, 0.5) is 0 Å². The first kappa shape index (κ1) is 16.7. The third-order valence-corrected chi connectivity index (χ3v) is 7.92. The molecule has 0 radical (unpaired) electrons. The van der Waals surface area contributed by atoms with Gasteiger partial charge < -0.3 is 4.74 Å². The van der Waals surface area contributed by atoms with Crippen LogP contribution in [0.25, 0.3) is 17.1 Å². The average molecular weight is 393 g/mol. The molecule has 5 nitrogen and oxygen atoms in total. The Kier molecular flexibility index (Phi) is 3.67. The summed E-state index contributed by atoms with van der Waals surface area (Å²) in [5.74, 6) is 4.68. The molecule has 2 aromatic heterocycles. The number of ether oxygens (including phenoxy) is 1. The van der Waals surface area contributed by atoms with E-state index >= 15 is 0 Å². The Labute approximate surface area is 168 Å². The van der Waals surface area contributed by atoms with E-state index in [2.05, 4.69) is 34.5 Å². The van der Waals surface area contributed by atoms with Crippen LogP contribution in [0.2, 0.25) is 0 Å². The lowest BCUT2D eigenvalue weighted by molar-refractivity contribution is -0.0103. The molecule has 7 rings (SSSR count). The molecule has 144 valence electrons. The maximum absolute atomic E-state index is 5.22. The van der Waals surface area contributed by atoms with Crippen LogP contribution in [0, 0.1) is 17.8 Å². The van der Waals surface area contributed by atoms with Crippen molar-refractivity contribution in [3.05, 3.63) is 40.7 Å². The van der Waals surface area contributed by atoms with Crippen molar-refractivity contribution in [2.24, 2.45) is 17.8 Å². The highest BCUT2D eigenvalue weighted by molar-refractivity contribution is 7.17. The van der Waals surface area contributed by atoms with E-state index < -0.39 is 0 Å². The van der Waals surface area contributed by atoms with Gasteiger partial charge in [-0.3, -0.25) is 0 Å². The highest BCUT2D eigenvalue weighted by atomic mass is 32.1. The third kappa shape index (κ3) is 2.61. The summed E-state index contributed by atoms with van der Waals surface area (Å²) in [5, 5.41) is 15.0. The molecular formula is C22H24N4OS. The maximum Gasteiger partial charge on any atom is 0.234 e. The molecule has 0 amide bonds. The molecule has 4 aliphatic carbocycles. The quantitative estimate of drug-likeness (QED) is 0.638. The molecule has 1 aromatic carbocycles. The van der Waals surface area contributed by atoms with Crippen molar-refractivity contribution in [2.75, 3.05) is 7.11 Å². The molecule has 0 atom stereocenters. The molecule has 0 aliphatic heterocycles. The Morgan fingerprint density at radius 1 is 1.00 bits per heavy atom. The highest BCUT2D eigenvalue weighted by Crippen LogP contribution is 2.60. The molecule has 2 heterocycles. The summed E-state index contributed by atoms with van der Waals surface area (Å²) in [5.41, 5.74) is 1.35. The number of nitrogens with zero attached hydrogens (tertiary/aromatic N) is 4. The molecule has 4 bridgehead atoms. The molecule has 4 saturated carbocycles. The lowest BCUT2D eigenvalue weighted by atomic mass is 9.49. The molecule has 4 aliphatic rings. The summed E-state index contributed by atoms with van der Waals surface area (Å²) >= 11 is 1.62. The van der Waals surface area contributed by atoms with E-state index in [0.29, 0.717) is 0 Å². The van der Waals surface area contributed by atoms with Crippen LogP contribution in [0.15, 0.2) is 24.3 Å². The smallest absolute Gasteiger partial charge is 0.234 e. The van der Waals surface area contributed by atoms with Crippen molar-refractivity contribution in [2.45, 2.75) is 43.9 Å². The summed E-state index contributed by atoms with van der Waals surface area (Å²) in [4.78, 5) is 0.917. The Bertz CT molecular complexity index is 1010. The number of hydrogen-bond acceptors (Lipinski definition) is 5. The Balaban J connectivity index is 1.31. The lowest BCUT2D eigenvalue weighted by Gasteiger charge is -2.55. The summed E-state index contributed by atoms with van der Waals surface area (Å²) < 4.78 is 7.27. The van der Waals surface area contributed by atoms with Crippen LogP contribution < -0.4 is 4.74 Å². The molecule has 4 fully saturated rings. The van der Waals surface area contributed by atoms with Gasteiger partial charge in [-0.2, -0.15) is 9.61 Å². The van der Waals surface area contributed by atoms with Crippen molar-refractivity contribution in [1.82, 2.24) is 19.8 Å². The molecule has 0 unspecified atom stereocenters. The monoisotopic (exact) mass is 392 g/mol. The van der Waals surface area contributed by atoms with Gasteiger partial charge in [0, 0.05) is 5.41 Å². The van der Waals surface area contributed by atoms with Gasteiger partial charge in [-0.1, -0.05) is 29.5 Å². The van der Waals surface area contributed by atoms with E-state index in [4.69, 9.17) is 9.84 Å². The molecule has 0 spiro atoms. The highest BCUT2D eigenvalue weighted by Gasteiger charge is 2.54. The Hall–Kier alpha value is -2.21. The first-order chi connectivity index (χ1) is 13.7. The van der Waals surface area contributed by atoms with Crippen LogP contribution in [0.1, 0.15) is 54.9 Å². The van der Waals surface area contributed by atoms with Gasteiger partial charge in [0.2, 0.25) is 4.96 Å². The zero-order valence-electron chi connectivity index (χ0n) is 16.0. The zero-order chi connectivity index (χ0) is 18.7. The fourth-order valence-electron chi connectivity index (χ4n) is 6.30. The van der Waals surface area contributed by atoms with Gasteiger partial charge in [0.1, 0.15) is 10.8 Å². The Morgan fingerprint density at radius 2 is 1.68 bits per heavy atom. The molecule has 0 N–H and O–H groups in total. The zero-order valence-corrected chi connectivity index (χ0v) is 16.9. The molecular weight excluding hydrogens is 368 g/mol. The van der Waals surface area contributed by atoms with Crippen LogP contribution >= 0.6 is 11.3 Å². The number of benzene rings is 1. The number of rotatable bonds is 4. The van der Waals surface area contributed by atoms with Gasteiger partial charge in [-0.25, -0.2) is 0 Å². The van der Waals surface area contributed by atoms with Gasteiger partial charge in [-0.05, 0) is 80.1 Å². The van der Waals surface area contributed by atoms with E-state index in [-0.39, 0.29) is 5.41 Å². The van der Waals surface area contributed by atoms with Crippen LogP contribution in [-0.2, 0) is 5.41 Å². The van der Waals surface area contributed by atoms with Gasteiger partial charge >= 0.3 is 0 Å². The minimum atomic E-state index is 0.221. The van der Waals surface area contributed by atoms with E-state index in [0.717, 1.165) is 44.9 Å². The van der Waals surface area contributed by atoms with Crippen molar-refractivity contribution >= 4 is 28.4 Å². The first-order valence-corrected chi connectivity index (χ1v) is 11.1. The predicted octanol–water partition coefficient (Wildman–Crippen LogP) is 4.83. The van der Waals surface area contributed by atoms with Crippen molar-refractivity contribution in [3.8, 4) is 5.75 Å². The second kappa shape index (κ2) is 6.14. The largest absolute Gasteiger partial charge is 0.497 e. The predicted molar refractivity (Wildman–Crippen MR) is 110 cm³/mol. The normalized spacial score (nSPS) is 31.2. The van der Waals surface area contributed by atoms with Gasteiger partial charge in [0.05, 0.1) is 7.11 Å². The maximum atomic E-state index is 5.22. The number of methoxy groups -OCH3 is 1. The van der Waals surface area contributed by atoms with Crippen molar-refractivity contribution in [3.63, 3.8) is 0 Å². The third-order valence-electron chi connectivity index (χ3n) is 7.05. The molecule has 28 heavy (non-hydrogen) atoms. The van der Waals surface area contributed by atoms with Gasteiger partial charge in [-0.15, -0.1) is 10.2 Å². The van der Waals surface area contributed by atoms with Crippen molar-refractivity contribution < 1.29 is 4.74 Å². The van der Waals surface area contributed by atoms with Gasteiger partial charge in [0.25, 0.3) is 0 Å². The topological polar surface area (TPSA) is 52.3 Å². The first-order valence-electron chi connectivity index (χ1n) is 10.3. The molecule has 3 aromatic rings. The minimum Gasteiger partial charge on any atom is -0.497 e. The van der Waals surface area contributed by atoms with E-state index in [1.165, 1.54) is 38.5 Å². The van der Waals surface area contributed by atoms with Crippen LogP contribution in [-0.4, -0.2) is 26.9 Å². The SMILES string of the molecule is COc1ccc(C=Cc2nn3c(C45CC6CC(CC(C6)C4)C5)nnc3s2)cc1. The molecule has 0 saturated heterocycles. The van der Waals surface area contributed by atoms with Crippen LogP contribution in [0.3, 0.4) is 0 Å². The summed E-state index contributed by atoms with van der Waals surface area (Å²) in [6.07, 6.45) is 12.3. The number of fused-ring (bicyclic) bond motifs is 1. The summed E-state index contributed by atoms with van der Waals surface area (Å²) in [6.45, 7) is 0. The second-order valence-electron chi connectivity index (χ2n) is 8.96. The minimum absolute atomic E-state index is 0.221. The van der Waals surface area contributed by atoms with E-state index in [1.807, 2.05) is 16.6 Å². The Morgan fingerprint density at radius 3 is 2.32 bits per heavy atom. The average Bonchev–Trinajstić information content (AvgIpc) is 3.26. The lowest BCUT2D eigenvalue weighted by Crippen LogP contribution is -2.49.